The Bertz CT molecular complexity index is 976. The molecule has 1 amide bonds. The fraction of sp³-hybridized carbons (Fsp3) is 0.435. The highest BCUT2D eigenvalue weighted by atomic mass is 32.2. The maximum atomic E-state index is 13.0. The molecule has 0 aromatic heterocycles. The summed E-state index contributed by atoms with van der Waals surface area (Å²) in [6, 6.07) is 12.7. The van der Waals surface area contributed by atoms with Gasteiger partial charge in [0.05, 0.1) is 10.9 Å². The number of carbonyl (C=O) groups excluding carboxylic acids is 1. The van der Waals surface area contributed by atoms with E-state index in [9.17, 15) is 13.2 Å². The molecule has 1 fully saturated rings. The van der Waals surface area contributed by atoms with E-state index in [0.29, 0.717) is 24.6 Å². The molecule has 0 saturated carbocycles. The number of piperidine rings is 1. The second-order valence-electron chi connectivity index (χ2n) is 8.17. The van der Waals surface area contributed by atoms with Gasteiger partial charge >= 0.3 is 0 Å². The van der Waals surface area contributed by atoms with E-state index in [0.717, 1.165) is 29.5 Å². The predicted octanol–water partition coefficient (Wildman–Crippen LogP) is 4.22. The van der Waals surface area contributed by atoms with Crippen LogP contribution < -0.4 is 5.32 Å². The van der Waals surface area contributed by atoms with Crippen LogP contribution in [0.1, 0.15) is 59.8 Å². The Morgan fingerprint density at radius 1 is 1.07 bits per heavy atom. The van der Waals surface area contributed by atoms with Crippen LogP contribution in [0.2, 0.25) is 0 Å². The quantitative estimate of drug-likeness (QED) is 0.797. The highest BCUT2D eigenvalue weighted by molar-refractivity contribution is 7.89. The largest absolute Gasteiger partial charge is 0.346 e. The van der Waals surface area contributed by atoms with Gasteiger partial charge in [-0.25, -0.2) is 8.42 Å². The van der Waals surface area contributed by atoms with Gasteiger partial charge in [-0.05, 0) is 62.8 Å². The molecule has 2 aromatic carbocycles. The first kappa shape index (κ1) is 21.5. The summed E-state index contributed by atoms with van der Waals surface area (Å²) in [5, 5.41) is 2.99. The number of hydrogen-bond donors (Lipinski definition) is 1. The molecule has 6 heteroatoms. The average molecular weight is 415 g/mol. The number of amides is 1. The van der Waals surface area contributed by atoms with E-state index < -0.39 is 10.0 Å². The predicted molar refractivity (Wildman–Crippen MR) is 115 cm³/mol. The molecule has 1 atom stereocenters. The molecular weight excluding hydrogens is 384 g/mol. The summed E-state index contributed by atoms with van der Waals surface area (Å²) in [6.07, 6.45) is 1.74. The molecule has 0 bridgehead atoms. The van der Waals surface area contributed by atoms with Gasteiger partial charge in [0.2, 0.25) is 10.0 Å². The maximum absolute atomic E-state index is 13.0. The van der Waals surface area contributed by atoms with Crippen molar-refractivity contribution in [3.8, 4) is 0 Å². The summed E-state index contributed by atoms with van der Waals surface area (Å²) in [5.74, 6) is 0.281. The van der Waals surface area contributed by atoms with Crippen molar-refractivity contribution in [3.63, 3.8) is 0 Å². The van der Waals surface area contributed by atoms with Crippen LogP contribution >= 0.6 is 0 Å². The van der Waals surface area contributed by atoms with Gasteiger partial charge in [-0.3, -0.25) is 4.79 Å². The molecule has 1 N–H and O–H groups in total. The summed E-state index contributed by atoms with van der Waals surface area (Å²) in [7, 11) is -3.59. The molecule has 1 aliphatic rings. The van der Waals surface area contributed by atoms with Gasteiger partial charge < -0.3 is 5.32 Å². The monoisotopic (exact) mass is 414 g/mol. The van der Waals surface area contributed by atoms with E-state index >= 15 is 0 Å². The van der Waals surface area contributed by atoms with Crippen LogP contribution in [-0.2, 0) is 10.0 Å². The molecular formula is C23H30N2O3S. The Hall–Kier alpha value is -2.18. The zero-order valence-corrected chi connectivity index (χ0v) is 18.4. The summed E-state index contributed by atoms with van der Waals surface area (Å²) in [4.78, 5) is 13.1. The van der Waals surface area contributed by atoms with Crippen molar-refractivity contribution in [2.45, 2.75) is 51.5 Å². The second-order valence-corrected chi connectivity index (χ2v) is 10.1. The van der Waals surface area contributed by atoms with E-state index in [4.69, 9.17) is 0 Å². The minimum atomic E-state index is -3.59. The zero-order valence-electron chi connectivity index (χ0n) is 17.6. The first-order valence-electron chi connectivity index (χ1n) is 10.2. The van der Waals surface area contributed by atoms with Crippen molar-refractivity contribution in [1.29, 1.82) is 0 Å². The lowest BCUT2D eigenvalue weighted by Gasteiger charge is -2.29. The third-order valence-electron chi connectivity index (χ3n) is 5.76. The molecule has 1 saturated heterocycles. The number of rotatable bonds is 5. The molecule has 0 unspecified atom stereocenters. The Morgan fingerprint density at radius 3 is 2.31 bits per heavy atom. The van der Waals surface area contributed by atoms with Crippen molar-refractivity contribution < 1.29 is 13.2 Å². The van der Waals surface area contributed by atoms with Crippen LogP contribution in [-0.4, -0.2) is 31.7 Å². The molecule has 0 radical (unpaired) electrons. The van der Waals surface area contributed by atoms with Crippen LogP contribution in [0.4, 0.5) is 0 Å². The van der Waals surface area contributed by atoms with Crippen LogP contribution in [0, 0.1) is 19.8 Å². The minimum absolute atomic E-state index is 0.175. The van der Waals surface area contributed by atoms with Crippen molar-refractivity contribution in [3.05, 3.63) is 64.7 Å². The van der Waals surface area contributed by atoms with Gasteiger partial charge in [0.15, 0.2) is 0 Å². The van der Waals surface area contributed by atoms with Crippen molar-refractivity contribution in [1.82, 2.24) is 9.62 Å². The summed E-state index contributed by atoms with van der Waals surface area (Å²) in [6.45, 7) is 8.98. The van der Waals surface area contributed by atoms with Crippen LogP contribution in [0.25, 0.3) is 0 Å². The highest BCUT2D eigenvalue weighted by Crippen LogP contribution is 2.25. The maximum Gasteiger partial charge on any atom is 0.252 e. The van der Waals surface area contributed by atoms with Gasteiger partial charge in [-0.15, -0.1) is 0 Å². The van der Waals surface area contributed by atoms with Crippen LogP contribution in [0.3, 0.4) is 0 Å². The molecule has 1 aliphatic heterocycles. The molecule has 0 aliphatic carbocycles. The van der Waals surface area contributed by atoms with E-state index in [-0.39, 0.29) is 16.8 Å². The Kier molecular flexibility index (Phi) is 6.44. The lowest BCUT2D eigenvalue weighted by molar-refractivity contribution is 0.0939. The summed E-state index contributed by atoms with van der Waals surface area (Å²) in [5.41, 5.74) is 3.32. The van der Waals surface area contributed by atoms with Gasteiger partial charge in [0.1, 0.15) is 0 Å². The van der Waals surface area contributed by atoms with Crippen LogP contribution in [0.15, 0.2) is 47.4 Å². The minimum Gasteiger partial charge on any atom is -0.346 e. The van der Waals surface area contributed by atoms with Crippen LogP contribution in [0.5, 0.6) is 0 Å². The SMILES string of the molecule is Cc1ccc([C@@H](C)NC(=O)c2cc(S(=O)(=O)N3CCC(C)CC3)ccc2C)cc1. The van der Waals surface area contributed by atoms with E-state index in [2.05, 4.69) is 12.2 Å². The van der Waals surface area contributed by atoms with Gasteiger partial charge in [0, 0.05) is 18.7 Å². The van der Waals surface area contributed by atoms with Gasteiger partial charge in [0.25, 0.3) is 5.91 Å². The number of nitrogens with zero attached hydrogens (tertiary/aromatic N) is 1. The fourth-order valence-corrected chi connectivity index (χ4v) is 5.09. The fourth-order valence-electron chi connectivity index (χ4n) is 3.59. The number of sulfonamides is 1. The number of benzene rings is 2. The summed E-state index contributed by atoms with van der Waals surface area (Å²) < 4.78 is 27.6. The number of hydrogen-bond acceptors (Lipinski definition) is 3. The van der Waals surface area contributed by atoms with Crippen molar-refractivity contribution >= 4 is 15.9 Å². The summed E-state index contributed by atoms with van der Waals surface area (Å²) >= 11 is 0. The second kappa shape index (κ2) is 8.67. The Morgan fingerprint density at radius 2 is 1.69 bits per heavy atom. The van der Waals surface area contributed by atoms with E-state index in [1.165, 1.54) is 10.4 Å². The van der Waals surface area contributed by atoms with Crippen molar-refractivity contribution in [2.24, 2.45) is 5.92 Å². The smallest absolute Gasteiger partial charge is 0.252 e. The molecule has 0 spiro atoms. The third-order valence-corrected chi connectivity index (χ3v) is 7.65. The highest BCUT2D eigenvalue weighted by Gasteiger charge is 2.29. The zero-order chi connectivity index (χ0) is 21.2. The van der Waals surface area contributed by atoms with Gasteiger partial charge in [-0.2, -0.15) is 4.31 Å². The Labute approximate surface area is 174 Å². The number of carbonyl (C=O) groups is 1. The normalized spacial score (nSPS) is 17.1. The molecule has 3 rings (SSSR count). The number of nitrogens with one attached hydrogen (secondary N) is 1. The lowest BCUT2D eigenvalue weighted by atomic mass is 10.0. The molecule has 5 nitrogen and oxygen atoms in total. The van der Waals surface area contributed by atoms with E-state index in [1.807, 2.05) is 45.0 Å². The molecule has 1 heterocycles. The average Bonchev–Trinajstić information content (AvgIpc) is 2.68. The molecule has 156 valence electrons. The Balaban J connectivity index is 1.81. The van der Waals surface area contributed by atoms with Crippen molar-refractivity contribution in [2.75, 3.05) is 13.1 Å². The first-order valence-corrected chi connectivity index (χ1v) is 11.6. The van der Waals surface area contributed by atoms with Gasteiger partial charge in [-0.1, -0.05) is 42.8 Å². The first-order chi connectivity index (χ1) is 13.7. The molecule has 29 heavy (non-hydrogen) atoms. The topological polar surface area (TPSA) is 66.5 Å². The lowest BCUT2D eigenvalue weighted by Crippen LogP contribution is -2.38. The third kappa shape index (κ3) is 4.87. The standard InChI is InChI=1S/C23H30N2O3S/c1-16-5-8-20(9-6-16)19(4)24-23(26)22-15-21(10-7-18(22)3)29(27,28)25-13-11-17(2)12-14-25/h5-10,15,17,19H,11-14H2,1-4H3,(H,24,26)/t19-/m1/s1. The van der Waals surface area contributed by atoms with E-state index in [1.54, 1.807) is 12.1 Å². The number of aryl methyl sites for hydroxylation is 2. The molecule has 2 aromatic rings.